The zero-order valence-electron chi connectivity index (χ0n) is 9.76. The Balaban J connectivity index is 2.32. The van der Waals surface area contributed by atoms with E-state index in [9.17, 15) is 4.79 Å². The Labute approximate surface area is 99.3 Å². The van der Waals surface area contributed by atoms with E-state index in [1.807, 2.05) is 37.3 Å². The van der Waals surface area contributed by atoms with E-state index in [1.165, 1.54) is 0 Å². The van der Waals surface area contributed by atoms with Crippen molar-refractivity contribution in [3.8, 4) is 0 Å². The second-order valence-corrected chi connectivity index (χ2v) is 3.97. The normalized spacial score (nSPS) is 12.6. The van der Waals surface area contributed by atoms with Crippen LogP contribution in [0.25, 0.3) is 0 Å². The zero-order valence-corrected chi connectivity index (χ0v) is 9.76. The summed E-state index contributed by atoms with van der Waals surface area (Å²) in [4.78, 5) is 11.7. The molecule has 0 aliphatic heterocycles. The molecule has 0 bridgehead atoms. The lowest BCUT2D eigenvalue weighted by atomic mass is 10.2. The molecule has 0 aliphatic carbocycles. The molecule has 17 heavy (non-hydrogen) atoms. The third-order valence-electron chi connectivity index (χ3n) is 2.74. The molecule has 1 atom stereocenters. The maximum absolute atomic E-state index is 11.7. The molecule has 5 heteroatoms. The predicted molar refractivity (Wildman–Crippen MR) is 65.6 cm³/mol. The number of nitrogens with two attached hydrogens (primary N) is 1. The molecule has 0 saturated heterocycles. The first-order chi connectivity index (χ1) is 8.22. The number of hydrogen-bond donors (Lipinski definition) is 2. The van der Waals surface area contributed by atoms with E-state index < -0.39 is 0 Å². The summed E-state index contributed by atoms with van der Waals surface area (Å²) in [6, 6.07) is 9.57. The van der Waals surface area contributed by atoms with Gasteiger partial charge in [0.1, 0.15) is 0 Å². The van der Waals surface area contributed by atoms with Crippen LogP contribution in [0.3, 0.4) is 0 Å². The number of nitrogens with zero attached hydrogens (tertiary/aromatic N) is 2. The van der Waals surface area contributed by atoms with Crippen LogP contribution in [0.4, 0.5) is 0 Å². The van der Waals surface area contributed by atoms with Crippen molar-refractivity contribution in [1.29, 1.82) is 0 Å². The molecule has 2 aromatic rings. The highest BCUT2D eigenvalue weighted by Crippen LogP contribution is 2.10. The lowest BCUT2D eigenvalue weighted by molar-refractivity contribution is 0.591. The van der Waals surface area contributed by atoms with Crippen molar-refractivity contribution in [2.45, 2.75) is 25.9 Å². The summed E-state index contributed by atoms with van der Waals surface area (Å²) < 4.78 is 1.59. The fourth-order valence-electron chi connectivity index (χ4n) is 1.71. The van der Waals surface area contributed by atoms with Gasteiger partial charge in [0.2, 0.25) is 0 Å². The maximum atomic E-state index is 11.7. The average Bonchev–Trinajstić information content (AvgIpc) is 2.72. The van der Waals surface area contributed by atoms with Gasteiger partial charge in [0.05, 0.1) is 12.6 Å². The molecule has 0 radical (unpaired) electrons. The van der Waals surface area contributed by atoms with Gasteiger partial charge in [-0.15, -0.1) is 0 Å². The molecule has 0 amide bonds. The summed E-state index contributed by atoms with van der Waals surface area (Å²) in [5.74, 6) is 0.612. The molecule has 0 fully saturated rings. The number of nitrogens with one attached hydrogen (secondary N) is 1. The van der Waals surface area contributed by atoms with E-state index in [-0.39, 0.29) is 11.7 Å². The van der Waals surface area contributed by atoms with Crippen molar-refractivity contribution < 1.29 is 0 Å². The highest BCUT2D eigenvalue weighted by atomic mass is 16.1. The fraction of sp³-hybridized carbons (Fsp3) is 0.333. The van der Waals surface area contributed by atoms with E-state index in [1.54, 1.807) is 4.57 Å². The molecule has 90 valence electrons. The largest absolute Gasteiger partial charge is 0.343 e. The van der Waals surface area contributed by atoms with Gasteiger partial charge < -0.3 is 5.73 Å². The van der Waals surface area contributed by atoms with Crippen molar-refractivity contribution >= 4 is 0 Å². The van der Waals surface area contributed by atoms with Crippen LogP contribution in [-0.2, 0) is 6.54 Å². The van der Waals surface area contributed by atoms with E-state index in [4.69, 9.17) is 5.73 Å². The average molecular weight is 232 g/mol. The Kier molecular flexibility index (Phi) is 3.39. The molecule has 1 heterocycles. The van der Waals surface area contributed by atoms with Crippen molar-refractivity contribution in [1.82, 2.24) is 14.8 Å². The van der Waals surface area contributed by atoms with Crippen LogP contribution in [-0.4, -0.2) is 14.8 Å². The molecule has 1 aromatic carbocycles. The van der Waals surface area contributed by atoms with Crippen molar-refractivity contribution in [2.24, 2.45) is 5.73 Å². The molecule has 3 N–H and O–H groups in total. The molecule has 0 aliphatic rings. The van der Waals surface area contributed by atoms with E-state index in [0.29, 0.717) is 12.4 Å². The first-order valence-corrected chi connectivity index (χ1v) is 5.67. The van der Waals surface area contributed by atoms with Crippen LogP contribution in [0.2, 0.25) is 0 Å². The fourth-order valence-corrected chi connectivity index (χ4v) is 1.71. The Hall–Kier alpha value is -1.88. The third kappa shape index (κ3) is 2.45. The minimum Gasteiger partial charge on any atom is -0.321 e. The first kappa shape index (κ1) is 11.6. The Morgan fingerprint density at radius 2 is 2.12 bits per heavy atom. The Morgan fingerprint density at radius 1 is 1.41 bits per heavy atom. The highest BCUT2D eigenvalue weighted by Gasteiger charge is 2.14. The van der Waals surface area contributed by atoms with Crippen molar-refractivity contribution in [2.75, 3.05) is 0 Å². The summed E-state index contributed by atoms with van der Waals surface area (Å²) in [5.41, 5.74) is 6.76. The molecule has 0 saturated carbocycles. The van der Waals surface area contributed by atoms with Gasteiger partial charge in [0, 0.05) is 0 Å². The van der Waals surface area contributed by atoms with Crippen LogP contribution in [0.1, 0.15) is 30.8 Å². The van der Waals surface area contributed by atoms with Gasteiger partial charge >= 0.3 is 5.69 Å². The summed E-state index contributed by atoms with van der Waals surface area (Å²) in [7, 11) is 0. The van der Waals surface area contributed by atoms with Gasteiger partial charge in [-0.05, 0) is 12.0 Å². The van der Waals surface area contributed by atoms with Crippen LogP contribution in [0, 0.1) is 0 Å². The standard InChI is InChI=1S/C12H16N4O/c1-2-10(13)11-14-15-12(17)16(11)8-9-6-4-3-5-7-9/h3-7,10H,2,8,13H2,1H3,(H,15,17)/t10-/m0/s1. The summed E-state index contributed by atoms with van der Waals surface area (Å²) in [6.07, 6.45) is 0.749. The molecule has 1 aromatic heterocycles. The molecule has 0 spiro atoms. The summed E-state index contributed by atoms with van der Waals surface area (Å²) in [5, 5.41) is 6.43. The number of rotatable bonds is 4. The van der Waals surface area contributed by atoms with Crippen LogP contribution >= 0.6 is 0 Å². The third-order valence-corrected chi connectivity index (χ3v) is 2.74. The van der Waals surface area contributed by atoms with Crippen LogP contribution in [0.15, 0.2) is 35.1 Å². The quantitative estimate of drug-likeness (QED) is 0.826. The van der Waals surface area contributed by atoms with Gasteiger partial charge in [0.25, 0.3) is 0 Å². The van der Waals surface area contributed by atoms with Crippen molar-refractivity contribution in [3.63, 3.8) is 0 Å². The van der Waals surface area contributed by atoms with Gasteiger partial charge in [-0.2, -0.15) is 5.10 Å². The number of benzene rings is 1. The highest BCUT2D eigenvalue weighted by molar-refractivity contribution is 5.15. The summed E-state index contributed by atoms with van der Waals surface area (Å²) in [6.45, 7) is 2.47. The van der Waals surface area contributed by atoms with E-state index in [0.717, 1.165) is 12.0 Å². The number of hydrogen-bond acceptors (Lipinski definition) is 3. The number of H-pyrrole nitrogens is 1. The number of aromatic nitrogens is 3. The minimum absolute atomic E-state index is 0.210. The molecule has 2 rings (SSSR count). The smallest absolute Gasteiger partial charge is 0.321 e. The van der Waals surface area contributed by atoms with E-state index in [2.05, 4.69) is 10.2 Å². The van der Waals surface area contributed by atoms with Crippen molar-refractivity contribution in [3.05, 3.63) is 52.2 Å². The Morgan fingerprint density at radius 3 is 2.76 bits per heavy atom. The van der Waals surface area contributed by atoms with Gasteiger partial charge in [0.15, 0.2) is 5.82 Å². The van der Waals surface area contributed by atoms with Crippen LogP contribution in [0.5, 0.6) is 0 Å². The predicted octanol–water partition coefficient (Wildman–Crippen LogP) is 1.03. The van der Waals surface area contributed by atoms with Crippen LogP contribution < -0.4 is 11.4 Å². The topological polar surface area (TPSA) is 76.7 Å². The summed E-state index contributed by atoms with van der Waals surface area (Å²) >= 11 is 0. The lowest BCUT2D eigenvalue weighted by Gasteiger charge is -2.10. The second-order valence-electron chi connectivity index (χ2n) is 3.97. The number of aromatic amines is 1. The monoisotopic (exact) mass is 232 g/mol. The van der Waals surface area contributed by atoms with Gasteiger partial charge in [-0.25, -0.2) is 9.89 Å². The van der Waals surface area contributed by atoms with E-state index >= 15 is 0 Å². The molecular formula is C12H16N4O. The molecule has 0 unspecified atom stereocenters. The van der Waals surface area contributed by atoms with Gasteiger partial charge in [-0.3, -0.25) is 4.57 Å². The minimum atomic E-state index is -0.215. The SMILES string of the molecule is CC[C@H](N)c1n[nH]c(=O)n1Cc1ccccc1. The van der Waals surface area contributed by atoms with Gasteiger partial charge in [-0.1, -0.05) is 37.3 Å². The zero-order chi connectivity index (χ0) is 12.3. The lowest BCUT2D eigenvalue weighted by Crippen LogP contribution is -2.23. The molecule has 5 nitrogen and oxygen atoms in total. The first-order valence-electron chi connectivity index (χ1n) is 5.67. The Bertz CT molecular complexity index is 529. The molecular weight excluding hydrogens is 216 g/mol. The maximum Gasteiger partial charge on any atom is 0.343 e. The second kappa shape index (κ2) is 4.97.